The Labute approximate surface area is 159 Å². The highest BCUT2D eigenvalue weighted by Crippen LogP contribution is 2.39. The third kappa shape index (κ3) is 3.06. The summed E-state index contributed by atoms with van der Waals surface area (Å²) in [6, 6.07) is 6.82. The first kappa shape index (κ1) is 17.9. The molecule has 0 aliphatic carbocycles. The second-order valence-electron chi connectivity index (χ2n) is 6.32. The van der Waals surface area contributed by atoms with E-state index < -0.39 is 32.9 Å². The molecule has 0 radical (unpaired) electrons. The molecular weight excluding hydrogens is 391 g/mol. The van der Waals surface area contributed by atoms with Crippen LogP contribution >= 0.6 is 11.3 Å². The molecule has 0 saturated carbocycles. The molecule has 4 rings (SSSR count). The molecule has 0 spiro atoms. The Balaban J connectivity index is 1.63. The van der Waals surface area contributed by atoms with E-state index in [4.69, 9.17) is 4.42 Å². The first-order valence-corrected chi connectivity index (χ1v) is 10.6. The standard InChI is InChI=1S/C18H15FN2O4S2/c1-10-8-14(13-6-7-26-18(13)27(10,23)24)21-17(22)15-16(25-9-20-15)11-2-4-12(19)5-3-11/h2-7,9-10,14H,8H2,1H3,(H,21,22)/t10-,14-/m0/s1. The Hall–Kier alpha value is -2.52. The molecule has 1 aliphatic rings. The van der Waals surface area contributed by atoms with Gasteiger partial charge in [0.25, 0.3) is 5.91 Å². The van der Waals surface area contributed by atoms with Crippen LogP contribution in [0.25, 0.3) is 11.3 Å². The Morgan fingerprint density at radius 1 is 1.30 bits per heavy atom. The lowest BCUT2D eigenvalue weighted by Gasteiger charge is -2.27. The van der Waals surface area contributed by atoms with Gasteiger partial charge in [0.1, 0.15) is 10.0 Å². The van der Waals surface area contributed by atoms with Crippen molar-refractivity contribution in [2.75, 3.05) is 0 Å². The minimum Gasteiger partial charge on any atom is -0.443 e. The van der Waals surface area contributed by atoms with Crippen molar-refractivity contribution in [3.63, 3.8) is 0 Å². The molecule has 0 bridgehead atoms. The Morgan fingerprint density at radius 2 is 2.04 bits per heavy atom. The van der Waals surface area contributed by atoms with Crippen LogP contribution in [0.3, 0.4) is 0 Å². The van der Waals surface area contributed by atoms with E-state index in [1.165, 1.54) is 24.3 Å². The van der Waals surface area contributed by atoms with Gasteiger partial charge in [-0.25, -0.2) is 17.8 Å². The number of benzene rings is 1. The third-order valence-corrected chi connectivity index (χ3v) is 8.30. The molecule has 0 unspecified atom stereocenters. The van der Waals surface area contributed by atoms with Gasteiger partial charge >= 0.3 is 0 Å². The van der Waals surface area contributed by atoms with Crippen molar-refractivity contribution in [3.8, 4) is 11.3 Å². The van der Waals surface area contributed by atoms with Crippen LogP contribution in [0.4, 0.5) is 4.39 Å². The van der Waals surface area contributed by atoms with E-state index in [9.17, 15) is 17.6 Å². The van der Waals surface area contributed by atoms with Crippen LogP contribution in [-0.4, -0.2) is 24.6 Å². The number of sulfone groups is 1. The number of thiophene rings is 1. The van der Waals surface area contributed by atoms with E-state index in [1.54, 1.807) is 18.4 Å². The van der Waals surface area contributed by atoms with Gasteiger partial charge in [0, 0.05) is 11.1 Å². The normalized spacial score (nSPS) is 20.8. The van der Waals surface area contributed by atoms with Gasteiger partial charge in [0.15, 0.2) is 27.7 Å². The summed E-state index contributed by atoms with van der Waals surface area (Å²) in [5.41, 5.74) is 1.19. The molecule has 2 atom stereocenters. The van der Waals surface area contributed by atoms with E-state index in [2.05, 4.69) is 10.3 Å². The summed E-state index contributed by atoms with van der Waals surface area (Å²) in [6.45, 7) is 1.64. The number of aromatic nitrogens is 1. The average Bonchev–Trinajstić information content (AvgIpc) is 3.30. The molecular formula is C18H15FN2O4S2. The van der Waals surface area contributed by atoms with Crippen molar-refractivity contribution in [1.82, 2.24) is 10.3 Å². The maximum Gasteiger partial charge on any atom is 0.274 e. The molecule has 1 N–H and O–H groups in total. The second kappa shape index (κ2) is 6.58. The fourth-order valence-electron chi connectivity index (χ4n) is 3.14. The topological polar surface area (TPSA) is 89.3 Å². The van der Waals surface area contributed by atoms with Gasteiger partial charge in [-0.3, -0.25) is 4.79 Å². The predicted molar refractivity (Wildman–Crippen MR) is 97.7 cm³/mol. The van der Waals surface area contributed by atoms with Gasteiger partial charge in [-0.05, 0) is 49.1 Å². The zero-order valence-electron chi connectivity index (χ0n) is 14.2. The predicted octanol–water partition coefficient (Wildman–Crippen LogP) is 3.58. The first-order chi connectivity index (χ1) is 12.9. The molecule has 0 saturated heterocycles. The van der Waals surface area contributed by atoms with E-state index in [0.29, 0.717) is 15.3 Å². The maximum atomic E-state index is 13.1. The average molecular weight is 406 g/mol. The summed E-state index contributed by atoms with van der Waals surface area (Å²) in [5.74, 6) is -0.641. The lowest BCUT2D eigenvalue weighted by Crippen LogP contribution is -2.36. The highest BCUT2D eigenvalue weighted by Gasteiger charge is 2.38. The molecule has 1 amide bonds. The summed E-state index contributed by atoms with van der Waals surface area (Å²) in [4.78, 5) is 16.8. The molecule has 3 heterocycles. The Morgan fingerprint density at radius 3 is 2.78 bits per heavy atom. The lowest BCUT2D eigenvalue weighted by atomic mass is 10.0. The van der Waals surface area contributed by atoms with Crippen LogP contribution in [0.5, 0.6) is 0 Å². The Bertz CT molecular complexity index is 1100. The number of hydrogen-bond donors (Lipinski definition) is 1. The van der Waals surface area contributed by atoms with Gasteiger partial charge in [-0.2, -0.15) is 0 Å². The second-order valence-corrected chi connectivity index (χ2v) is 9.80. The van der Waals surface area contributed by atoms with Crippen LogP contribution < -0.4 is 5.32 Å². The molecule has 3 aromatic rings. The van der Waals surface area contributed by atoms with E-state index >= 15 is 0 Å². The molecule has 1 aliphatic heterocycles. The molecule has 6 nitrogen and oxygen atoms in total. The van der Waals surface area contributed by atoms with Gasteiger partial charge in [0.2, 0.25) is 0 Å². The van der Waals surface area contributed by atoms with Crippen LogP contribution in [0, 0.1) is 5.82 Å². The summed E-state index contributed by atoms with van der Waals surface area (Å²) in [5, 5.41) is 3.97. The van der Waals surface area contributed by atoms with Crippen LogP contribution in [0.2, 0.25) is 0 Å². The van der Waals surface area contributed by atoms with Crippen molar-refractivity contribution in [3.05, 3.63) is 59.2 Å². The van der Waals surface area contributed by atoms with Crippen molar-refractivity contribution in [1.29, 1.82) is 0 Å². The van der Waals surface area contributed by atoms with Crippen LogP contribution in [0.15, 0.2) is 50.7 Å². The smallest absolute Gasteiger partial charge is 0.274 e. The largest absolute Gasteiger partial charge is 0.443 e. The van der Waals surface area contributed by atoms with Crippen molar-refractivity contribution >= 4 is 27.1 Å². The number of nitrogens with one attached hydrogen (secondary N) is 1. The van der Waals surface area contributed by atoms with Gasteiger partial charge in [-0.1, -0.05) is 0 Å². The fraction of sp³-hybridized carbons (Fsp3) is 0.222. The van der Waals surface area contributed by atoms with Crippen LogP contribution in [-0.2, 0) is 9.84 Å². The van der Waals surface area contributed by atoms with Crippen molar-refractivity contribution in [2.45, 2.75) is 28.8 Å². The molecule has 0 fully saturated rings. The van der Waals surface area contributed by atoms with Gasteiger partial charge in [0.05, 0.1) is 11.3 Å². The number of hydrogen-bond acceptors (Lipinski definition) is 6. The summed E-state index contributed by atoms with van der Waals surface area (Å²) in [7, 11) is -3.36. The molecule has 9 heteroatoms. The summed E-state index contributed by atoms with van der Waals surface area (Å²) >= 11 is 1.16. The monoisotopic (exact) mass is 406 g/mol. The SMILES string of the molecule is C[C@H]1C[C@H](NC(=O)c2ncoc2-c2ccc(F)cc2)c2ccsc2S1(=O)=O. The number of carbonyl (C=O) groups excluding carboxylic acids is 1. The number of fused-ring (bicyclic) bond motifs is 1. The zero-order chi connectivity index (χ0) is 19.2. The quantitative estimate of drug-likeness (QED) is 0.718. The number of rotatable bonds is 3. The minimum absolute atomic E-state index is 0.0690. The van der Waals surface area contributed by atoms with Gasteiger partial charge in [-0.15, -0.1) is 11.3 Å². The van der Waals surface area contributed by atoms with Crippen molar-refractivity contribution < 1.29 is 22.0 Å². The maximum absolute atomic E-state index is 13.1. The van der Waals surface area contributed by atoms with Crippen molar-refractivity contribution in [2.24, 2.45) is 0 Å². The van der Waals surface area contributed by atoms with E-state index in [0.717, 1.165) is 17.7 Å². The highest BCUT2D eigenvalue weighted by atomic mass is 32.2. The first-order valence-electron chi connectivity index (χ1n) is 8.19. The molecule has 27 heavy (non-hydrogen) atoms. The number of nitrogens with zero attached hydrogens (tertiary/aromatic N) is 1. The summed E-state index contributed by atoms with van der Waals surface area (Å²) in [6.07, 6.45) is 1.43. The van der Waals surface area contributed by atoms with E-state index in [1.807, 2.05) is 0 Å². The molecule has 1 aromatic carbocycles. The number of carbonyl (C=O) groups is 1. The van der Waals surface area contributed by atoms with Gasteiger partial charge < -0.3 is 9.73 Å². The van der Waals surface area contributed by atoms with E-state index in [-0.39, 0.29) is 17.9 Å². The third-order valence-electron chi connectivity index (χ3n) is 4.58. The molecule has 140 valence electrons. The highest BCUT2D eigenvalue weighted by molar-refractivity contribution is 7.94. The summed E-state index contributed by atoms with van der Waals surface area (Å²) < 4.78 is 43.6. The fourth-order valence-corrected chi connectivity index (χ4v) is 6.37. The number of amides is 1. The number of oxazole rings is 1. The number of halogens is 1. The minimum atomic E-state index is -3.36. The Kier molecular flexibility index (Phi) is 4.35. The lowest BCUT2D eigenvalue weighted by molar-refractivity contribution is 0.0929. The van der Waals surface area contributed by atoms with Crippen LogP contribution in [0.1, 0.15) is 35.4 Å². The zero-order valence-corrected chi connectivity index (χ0v) is 15.8. The molecule has 2 aromatic heterocycles.